The zero-order chi connectivity index (χ0) is 23.1. The molecular formula is C10H16BrN2O14P3. The summed E-state index contributed by atoms with van der Waals surface area (Å²) in [5, 5.41) is 20.1. The molecule has 1 aliphatic heterocycles. The fourth-order valence-corrected chi connectivity index (χ4v) is 7.02. The van der Waals surface area contributed by atoms with Crippen molar-refractivity contribution in [1.82, 2.24) is 9.55 Å². The molecule has 6 atom stereocenters. The summed E-state index contributed by atoms with van der Waals surface area (Å²) in [5.41, 5.74) is -1.78. The van der Waals surface area contributed by atoms with Gasteiger partial charge in [0.2, 0.25) is 0 Å². The number of aromatic amines is 1. The van der Waals surface area contributed by atoms with Gasteiger partial charge >= 0.3 is 28.7 Å². The van der Waals surface area contributed by atoms with Crippen molar-refractivity contribution < 1.29 is 57.1 Å². The van der Waals surface area contributed by atoms with Gasteiger partial charge in [-0.15, -0.1) is 0 Å². The summed E-state index contributed by atoms with van der Waals surface area (Å²) < 4.78 is 48.2. The number of phosphoric acid groups is 1. The van der Waals surface area contributed by atoms with E-state index >= 15 is 0 Å². The van der Waals surface area contributed by atoms with Crippen molar-refractivity contribution in [2.24, 2.45) is 0 Å². The molecule has 30 heavy (non-hydrogen) atoms. The van der Waals surface area contributed by atoms with Gasteiger partial charge in [-0.1, -0.05) is 0 Å². The summed E-state index contributed by atoms with van der Waals surface area (Å²) in [7, 11) is -15.7. The Bertz CT molecular complexity index is 1050. The second-order valence-electron chi connectivity index (χ2n) is 5.98. The minimum Gasteiger partial charge on any atom is -0.387 e. The van der Waals surface area contributed by atoms with Crippen LogP contribution in [-0.4, -0.2) is 70.2 Å². The molecule has 20 heteroatoms. The lowest BCUT2D eigenvalue weighted by molar-refractivity contribution is -0.0542. The number of aliphatic hydroxyl groups excluding tert-OH is 2. The lowest BCUT2D eigenvalue weighted by atomic mass is 10.1. The van der Waals surface area contributed by atoms with Gasteiger partial charge in [0, 0.05) is 6.20 Å². The molecule has 1 aromatic rings. The Morgan fingerprint density at radius 3 is 2.30 bits per heavy atom. The fraction of sp³-hybridized carbons (Fsp3) is 0.600. The van der Waals surface area contributed by atoms with Gasteiger partial charge in [-0.2, -0.15) is 0 Å². The second kappa shape index (κ2) is 9.16. The van der Waals surface area contributed by atoms with Crippen LogP contribution < -0.4 is 11.2 Å². The number of hydrogen-bond acceptors (Lipinski definition) is 10. The van der Waals surface area contributed by atoms with E-state index in [0.717, 1.165) is 10.8 Å². The summed E-state index contributed by atoms with van der Waals surface area (Å²) in [6, 6.07) is 0. The predicted molar refractivity (Wildman–Crippen MR) is 98.5 cm³/mol. The van der Waals surface area contributed by atoms with Gasteiger partial charge in [-0.05, 0) is 15.9 Å². The number of aromatic nitrogens is 2. The number of phosphoric ester groups is 1. The van der Waals surface area contributed by atoms with E-state index in [1.165, 1.54) is 0 Å². The van der Waals surface area contributed by atoms with E-state index in [4.69, 9.17) is 14.5 Å². The molecular weight excluding hydrogens is 545 g/mol. The number of H-pyrrole nitrogens is 1. The van der Waals surface area contributed by atoms with Crippen LogP contribution in [0.15, 0.2) is 20.3 Å². The van der Waals surface area contributed by atoms with Crippen molar-refractivity contribution >= 4 is 38.9 Å². The number of nitrogens with zero attached hydrogens (tertiary/aromatic N) is 1. The molecule has 0 spiro atoms. The SMILES string of the molecule is O=c1[nH]c(=O)n([C@@H]2O[C@H](COP(=O)(O)OP(=O)(O)CP(=O)(O)O)[C@@H](O)[C@H]2O)cc1Br. The van der Waals surface area contributed by atoms with Crippen LogP contribution in [0.5, 0.6) is 0 Å². The summed E-state index contributed by atoms with van der Waals surface area (Å²) in [5.74, 6) is -1.75. The van der Waals surface area contributed by atoms with E-state index in [2.05, 4.69) is 24.8 Å². The zero-order valence-corrected chi connectivity index (χ0v) is 18.7. The smallest absolute Gasteiger partial charge is 0.387 e. The van der Waals surface area contributed by atoms with Gasteiger partial charge in [0.25, 0.3) is 5.56 Å². The molecule has 0 saturated carbocycles. The summed E-state index contributed by atoms with van der Waals surface area (Å²) in [4.78, 5) is 61.3. The van der Waals surface area contributed by atoms with Crippen LogP contribution in [0.4, 0.5) is 0 Å². The first-order chi connectivity index (χ1) is 13.5. The number of hydrogen-bond donors (Lipinski definition) is 7. The van der Waals surface area contributed by atoms with Gasteiger partial charge in [-0.3, -0.25) is 28.0 Å². The molecule has 16 nitrogen and oxygen atoms in total. The maximum Gasteiger partial charge on any atom is 0.479 e. The van der Waals surface area contributed by atoms with Crippen LogP contribution in [0.25, 0.3) is 0 Å². The van der Waals surface area contributed by atoms with Gasteiger partial charge in [0.15, 0.2) is 12.1 Å². The topological polar surface area (TPSA) is 255 Å². The largest absolute Gasteiger partial charge is 0.479 e. The average molecular weight is 561 g/mol. The third-order valence-electron chi connectivity index (χ3n) is 3.53. The van der Waals surface area contributed by atoms with Crippen LogP contribution in [-0.2, 0) is 27.3 Å². The van der Waals surface area contributed by atoms with Crippen molar-refractivity contribution in [2.45, 2.75) is 24.5 Å². The van der Waals surface area contributed by atoms with E-state index in [1.54, 1.807) is 0 Å². The number of ether oxygens (including phenoxy) is 1. The molecule has 0 radical (unpaired) electrons. The zero-order valence-electron chi connectivity index (χ0n) is 14.4. The van der Waals surface area contributed by atoms with Crippen molar-refractivity contribution in [3.63, 3.8) is 0 Å². The molecule has 2 unspecified atom stereocenters. The van der Waals surface area contributed by atoms with Gasteiger partial charge in [0.1, 0.15) is 18.3 Å². The van der Waals surface area contributed by atoms with Crippen LogP contribution in [0.1, 0.15) is 6.23 Å². The second-order valence-corrected chi connectivity index (χ2v) is 12.4. The molecule has 0 aromatic carbocycles. The minimum atomic E-state index is -5.37. The molecule has 0 aliphatic carbocycles. The van der Waals surface area contributed by atoms with E-state index < -0.39 is 71.3 Å². The first-order valence-corrected chi connectivity index (χ1v) is 13.4. The Hall–Kier alpha value is -0.510. The van der Waals surface area contributed by atoms with E-state index in [1.807, 2.05) is 4.98 Å². The first kappa shape index (κ1) is 25.7. The molecule has 1 aliphatic rings. The van der Waals surface area contributed by atoms with Gasteiger partial charge < -0.3 is 34.5 Å². The number of aliphatic hydroxyl groups is 2. The lowest BCUT2D eigenvalue weighted by Crippen LogP contribution is -2.38. The van der Waals surface area contributed by atoms with E-state index in [0.29, 0.717) is 0 Å². The Balaban J connectivity index is 2.09. The van der Waals surface area contributed by atoms with Crippen molar-refractivity contribution in [3.05, 3.63) is 31.5 Å². The van der Waals surface area contributed by atoms with Crippen LogP contribution >= 0.6 is 38.9 Å². The van der Waals surface area contributed by atoms with Crippen molar-refractivity contribution in [3.8, 4) is 0 Å². The fourth-order valence-electron chi connectivity index (χ4n) is 2.36. The first-order valence-electron chi connectivity index (χ1n) is 7.59. The summed E-state index contributed by atoms with van der Waals surface area (Å²) in [6.07, 6.45) is -5.66. The van der Waals surface area contributed by atoms with Crippen LogP contribution in [0, 0.1) is 0 Å². The highest BCUT2D eigenvalue weighted by molar-refractivity contribution is 9.10. The van der Waals surface area contributed by atoms with Crippen molar-refractivity contribution in [2.75, 3.05) is 12.5 Å². The third-order valence-corrected chi connectivity index (χ3v) is 9.32. The predicted octanol–water partition coefficient (Wildman–Crippen LogP) is -1.63. The van der Waals surface area contributed by atoms with Crippen molar-refractivity contribution in [1.29, 1.82) is 0 Å². The molecule has 0 amide bonds. The number of halogens is 1. The molecule has 172 valence electrons. The lowest BCUT2D eigenvalue weighted by Gasteiger charge is -2.19. The molecule has 2 rings (SSSR count). The maximum absolute atomic E-state index is 11.9. The molecule has 2 heterocycles. The average Bonchev–Trinajstić information content (AvgIpc) is 2.81. The van der Waals surface area contributed by atoms with Gasteiger partial charge in [0.05, 0.1) is 11.1 Å². The van der Waals surface area contributed by atoms with Gasteiger partial charge in [-0.25, -0.2) is 13.7 Å². The maximum atomic E-state index is 11.9. The summed E-state index contributed by atoms with van der Waals surface area (Å²) in [6.45, 7) is -1.00. The normalized spacial score (nSPS) is 28.8. The minimum absolute atomic E-state index is 0.107. The molecule has 0 bridgehead atoms. The van der Waals surface area contributed by atoms with E-state index in [-0.39, 0.29) is 4.47 Å². The Kier molecular flexibility index (Phi) is 7.86. The molecule has 7 N–H and O–H groups in total. The highest BCUT2D eigenvalue weighted by Crippen LogP contribution is 2.65. The monoisotopic (exact) mass is 560 g/mol. The highest BCUT2D eigenvalue weighted by atomic mass is 79.9. The van der Waals surface area contributed by atoms with Crippen LogP contribution in [0.3, 0.4) is 0 Å². The third kappa shape index (κ3) is 6.74. The molecule has 1 saturated heterocycles. The quantitative estimate of drug-likeness (QED) is 0.176. The Labute approximate surface area is 174 Å². The van der Waals surface area contributed by atoms with Crippen LogP contribution in [0.2, 0.25) is 0 Å². The Morgan fingerprint density at radius 2 is 1.73 bits per heavy atom. The summed E-state index contributed by atoms with van der Waals surface area (Å²) >= 11 is 2.86. The van der Waals surface area contributed by atoms with E-state index in [9.17, 15) is 43.3 Å². The highest BCUT2D eigenvalue weighted by Gasteiger charge is 2.46. The number of rotatable bonds is 8. The standard InChI is InChI=1S/C10H16BrN2O14P3/c11-4-1-13(10(17)12-8(4)16)9-7(15)6(14)5(26-9)2-25-30(23,24)27-29(21,22)3-28(18,19)20/h1,5-7,9,14-15H,2-3H2,(H,21,22)(H,23,24)(H,12,16,17)(H2,18,19,20)/t5-,6-,7-,9-/m1/s1. The molecule has 1 fully saturated rings. The number of nitrogens with one attached hydrogen (secondary N) is 1. The molecule has 1 aromatic heterocycles. The Morgan fingerprint density at radius 1 is 1.13 bits per heavy atom.